The molecule has 0 aliphatic rings. The minimum atomic E-state index is -0.436. The summed E-state index contributed by atoms with van der Waals surface area (Å²) in [5.41, 5.74) is 2.18. The topological polar surface area (TPSA) is 50.7 Å². The first-order valence-electron chi connectivity index (χ1n) is 6.37. The number of hydrogen-bond acceptors (Lipinski definition) is 4. The van der Waals surface area contributed by atoms with E-state index in [1.54, 1.807) is 6.20 Å². The van der Waals surface area contributed by atoms with E-state index < -0.39 is 5.82 Å². The Bertz CT molecular complexity index is 707. The first kappa shape index (κ1) is 12.5. The highest BCUT2D eigenvalue weighted by Gasteiger charge is 2.02. The minimum absolute atomic E-state index is 0.430. The largest absolute Gasteiger partial charge is 0.354 e. The molecule has 3 rings (SSSR count). The number of halogens is 1. The van der Waals surface area contributed by atoms with Crippen LogP contribution < -0.4 is 5.32 Å². The summed E-state index contributed by atoms with van der Waals surface area (Å²) in [6.07, 6.45) is 4.89. The quantitative estimate of drug-likeness (QED) is 0.790. The van der Waals surface area contributed by atoms with Gasteiger partial charge in [-0.2, -0.15) is 0 Å². The number of nitrogens with zero attached hydrogens (tertiary/aromatic N) is 3. The van der Waals surface area contributed by atoms with Gasteiger partial charge in [0.2, 0.25) is 5.95 Å². The zero-order chi connectivity index (χ0) is 13.8. The van der Waals surface area contributed by atoms with E-state index in [0.717, 1.165) is 35.3 Å². The molecule has 0 radical (unpaired) electrons. The summed E-state index contributed by atoms with van der Waals surface area (Å²) in [5, 5.41) is 4.20. The molecule has 3 aromatic rings. The van der Waals surface area contributed by atoms with Gasteiger partial charge in [0.05, 0.1) is 17.9 Å². The lowest BCUT2D eigenvalue weighted by Gasteiger charge is -2.07. The summed E-state index contributed by atoms with van der Waals surface area (Å²) in [6, 6.07) is 10.1. The van der Waals surface area contributed by atoms with Gasteiger partial charge in [-0.05, 0) is 18.1 Å². The van der Waals surface area contributed by atoms with Gasteiger partial charge in [0.25, 0.3) is 0 Å². The standard InChI is InChI=1S/C15H13FN4/c16-13-9-19-15(20-10-13)18-8-6-12-4-1-3-11-5-2-7-17-14(11)12/h1-5,7,9-10H,6,8H2,(H,18,19,20). The van der Waals surface area contributed by atoms with E-state index in [9.17, 15) is 4.39 Å². The van der Waals surface area contributed by atoms with Crippen LogP contribution in [0, 0.1) is 5.82 Å². The number of rotatable bonds is 4. The molecule has 0 amide bonds. The summed E-state index contributed by atoms with van der Waals surface area (Å²) in [4.78, 5) is 12.1. The molecule has 2 heterocycles. The number of aromatic nitrogens is 3. The van der Waals surface area contributed by atoms with Crippen LogP contribution in [0.5, 0.6) is 0 Å². The number of benzene rings is 1. The molecule has 0 fully saturated rings. The monoisotopic (exact) mass is 268 g/mol. The molecule has 0 aliphatic heterocycles. The van der Waals surface area contributed by atoms with Gasteiger partial charge >= 0.3 is 0 Å². The van der Waals surface area contributed by atoms with Crippen molar-refractivity contribution in [2.45, 2.75) is 6.42 Å². The normalized spacial score (nSPS) is 10.7. The summed E-state index contributed by atoms with van der Waals surface area (Å²) in [5.74, 6) is -0.00611. The van der Waals surface area contributed by atoms with E-state index in [-0.39, 0.29) is 0 Å². The highest BCUT2D eigenvalue weighted by atomic mass is 19.1. The minimum Gasteiger partial charge on any atom is -0.354 e. The Morgan fingerprint density at radius 1 is 1.00 bits per heavy atom. The van der Waals surface area contributed by atoms with Crippen LogP contribution >= 0.6 is 0 Å². The van der Waals surface area contributed by atoms with Crippen LogP contribution in [0.1, 0.15) is 5.56 Å². The summed E-state index contributed by atoms with van der Waals surface area (Å²) >= 11 is 0. The molecular weight excluding hydrogens is 255 g/mol. The van der Waals surface area contributed by atoms with E-state index >= 15 is 0 Å². The number of nitrogens with one attached hydrogen (secondary N) is 1. The molecular formula is C15H13FN4. The van der Waals surface area contributed by atoms with Crippen LogP contribution in [-0.2, 0) is 6.42 Å². The van der Waals surface area contributed by atoms with Gasteiger partial charge < -0.3 is 5.32 Å². The van der Waals surface area contributed by atoms with Gasteiger partial charge in [-0.25, -0.2) is 14.4 Å². The Morgan fingerprint density at radius 2 is 1.80 bits per heavy atom. The van der Waals surface area contributed by atoms with Crippen molar-refractivity contribution >= 4 is 16.9 Å². The van der Waals surface area contributed by atoms with Crippen molar-refractivity contribution < 1.29 is 4.39 Å². The highest BCUT2D eigenvalue weighted by Crippen LogP contribution is 2.16. The number of para-hydroxylation sites is 1. The highest BCUT2D eigenvalue weighted by molar-refractivity contribution is 5.81. The summed E-state index contributed by atoms with van der Waals surface area (Å²) < 4.78 is 12.7. The fourth-order valence-electron chi connectivity index (χ4n) is 2.08. The second kappa shape index (κ2) is 5.61. The lowest BCUT2D eigenvalue weighted by Crippen LogP contribution is -2.08. The number of hydrogen-bond donors (Lipinski definition) is 1. The second-order valence-electron chi connectivity index (χ2n) is 4.39. The molecule has 1 N–H and O–H groups in total. The predicted molar refractivity (Wildman–Crippen MR) is 75.9 cm³/mol. The molecule has 0 unspecified atom stereocenters. The molecule has 0 bridgehead atoms. The Morgan fingerprint density at radius 3 is 2.65 bits per heavy atom. The Labute approximate surface area is 115 Å². The number of fused-ring (bicyclic) bond motifs is 1. The van der Waals surface area contributed by atoms with Crippen molar-refractivity contribution in [1.82, 2.24) is 15.0 Å². The van der Waals surface area contributed by atoms with Crippen LogP contribution in [0.25, 0.3) is 10.9 Å². The molecule has 0 saturated heterocycles. The summed E-state index contributed by atoms with van der Waals surface area (Å²) in [6.45, 7) is 0.668. The van der Waals surface area contributed by atoms with Crippen LogP contribution in [0.2, 0.25) is 0 Å². The van der Waals surface area contributed by atoms with Crippen LogP contribution in [0.4, 0.5) is 10.3 Å². The third kappa shape index (κ3) is 2.71. The van der Waals surface area contributed by atoms with E-state index in [0.29, 0.717) is 12.5 Å². The first-order valence-corrected chi connectivity index (χ1v) is 6.37. The number of anilines is 1. The maximum absolute atomic E-state index is 12.7. The average Bonchev–Trinajstić information content (AvgIpc) is 2.49. The molecule has 20 heavy (non-hydrogen) atoms. The SMILES string of the molecule is Fc1cnc(NCCc2cccc3cccnc23)nc1. The predicted octanol–water partition coefficient (Wildman–Crippen LogP) is 2.82. The summed E-state index contributed by atoms with van der Waals surface area (Å²) in [7, 11) is 0. The van der Waals surface area contributed by atoms with Gasteiger partial charge in [0, 0.05) is 18.1 Å². The Balaban J connectivity index is 1.69. The lowest BCUT2D eigenvalue weighted by atomic mass is 10.1. The second-order valence-corrected chi connectivity index (χ2v) is 4.39. The van der Waals surface area contributed by atoms with Crippen LogP contribution in [-0.4, -0.2) is 21.5 Å². The van der Waals surface area contributed by atoms with Crippen molar-refractivity contribution in [1.29, 1.82) is 0 Å². The zero-order valence-corrected chi connectivity index (χ0v) is 10.8. The molecule has 0 aliphatic carbocycles. The first-order chi connectivity index (χ1) is 9.83. The molecule has 5 heteroatoms. The van der Waals surface area contributed by atoms with Crippen molar-refractivity contribution in [3.05, 3.63) is 60.3 Å². The van der Waals surface area contributed by atoms with Crippen molar-refractivity contribution in [2.75, 3.05) is 11.9 Å². The maximum Gasteiger partial charge on any atom is 0.222 e. The van der Waals surface area contributed by atoms with E-state index in [1.165, 1.54) is 0 Å². The molecule has 4 nitrogen and oxygen atoms in total. The van der Waals surface area contributed by atoms with Gasteiger partial charge in [-0.3, -0.25) is 4.98 Å². The van der Waals surface area contributed by atoms with Crippen molar-refractivity contribution in [2.24, 2.45) is 0 Å². The van der Waals surface area contributed by atoms with Gasteiger partial charge in [0.15, 0.2) is 5.82 Å². The molecule has 100 valence electrons. The average molecular weight is 268 g/mol. The zero-order valence-electron chi connectivity index (χ0n) is 10.8. The van der Waals surface area contributed by atoms with E-state index in [2.05, 4.69) is 26.3 Å². The molecule has 2 aromatic heterocycles. The van der Waals surface area contributed by atoms with Crippen molar-refractivity contribution in [3.8, 4) is 0 Å². The molecule has 0 saturated carbocycles. The lowest BCUT2D eigenvalue weighted by molar-refractivity contribution is 0.614. The smallest absolute Gasteiger partial charge is 0.222 e. The number of pyridine rings is 1. The maximum atomic E-state index is 12.7. The fourth-order valence-corrected chi connectivity index (χ4v) is 2.08. The molecule has 1 aromatic carbocycles. The van der Waals surface area contributed by atoms with Gasteiger partial charge in [-0.1, -0.05) is 24.3 Å². The van der Waals surface area contributed by atoms with Crippen LogP contribution in [0.15, 0.2) is 48.9 Å². The third-order valence-electron chi connectivity index (χ3n) is 3.01. The van der Waals surface area contributed by atoms with Crippen LogP contribution in [0.3, 0.4) is 0 Å². The third-order valence-corrected chi connectivity index (χ3v) is 3.01. The Hall–Kier alpha value is -2.56. The fraction of sp³-hybridized carbons (Fsp3) is 0.133. The van der Waals surface area contributed by atoms with E-state index in [4.69, 9.17) is 0 Å². The van der Waals surface area contributed by atoms with Crippen molar-refractivity contribution in [3.63, 3.8) is 0 Å². The molecule has 0 spiro atoms. The van der Waals surface area contributed by atoms with E-state index in [1.807, 2.05) is 24.3 Å². The van der Waals surface area contributed by atoms with Gasteiger partial charge in [0.1, 0.15) is 0 Å². The molecule has 0 atom stereocenters. The van der Waals surface area contributed by atoms with Gasteiger partial charge in [-0.15, -0.1) is 0 Å². The Kier molecular flexibility index (Phi) is 3.50.